The van der Waals surface area contributed by atoms with E-state index < -0.39 is 17.4 Å². The van der Waals surface area contributed by atoms with Gasteiger partial charge >= 0.3 is 11.9 Å². The smallest absolute Gasteiger partial charge is 0.309 e. The van der Waals surface area contributed by atoms with Crippen molar-refractivity contribution in [2.24, 2.45) is 11.3 Å². The quantitative estimate of drug-likeness (QED) is 0.483. The zero-order chi connectivity index (χ0) is 16.3. The Labute approximate surface area is 128 Å². The molecule has 0 radical (unpaired) electrons. The average Bonchev–Trinajstić information content (AvgIpc) is 2.39. The Morgan fingerprint density at radius 1 is 0.952 bits per heavy atom. The Balaban J connectivity index is 4.63. The standard InChI is InChI=1S/C17H32O4/c1-4-6-8-9-11-14(10-7-5-2)12-17(3,16(20)21)13-15(18)19/h14H,4-13H2,1-3H3,(H,18,19)(H,20,21). The number of aliphatic carboxylic acids is 2. The molecule has 21 heavy (non-hydrogen) atoms. The van der Waals surface area contributed by atoms with Crippen molar-refractivity contribution < 1.29 is 19.8 Å². The topological polar surface area (TPSA) is 74.6 Å². The lowest BCUT2D eigenvalue weighted by atomic mass is 9.75. The third-order valence-corrected chi connectivity index (χ3v) is 4.23. The van der Waals surface area contributed by atoms with Crippen LogP contribution in [0.3, 0.4) is 0 Å². The summed E-state index contributed by atoms with van der Waals surface area (Å²) in [5.41, 5.74) is -1.14. The number of carboxylic acids is 2. The highest BCUT2D eigenvalue weighted by Crippen LogP contribution is 2.35. The molecule has 0 aliphatic heterocycles. The van der Waals surface area contributed by atoms with Gasteiger partial charge in [0.2, 0.25) is 0 Å². The number of hydrogen-bond donors (Lipinski definition) is 2. The fourth-order valence-corrected chi connectivity index (χ4v) is 2.91. The normalized spacial score (nSPS) is 15.4. The molecule has 0 aromatic heterocycles. The second kappa shape index (κ2) is 10.6. The molecule has 0 saturated carbocycles. The van der Waals surface area contributed by atoms with Gasteiger partial charge in [0.05, 0.1) is 11.8 Å². The second-order valence-electron chi connectivity index (χ2n) is 6.50. The van der Waals surface area contributed by atoms with Gasteiger partial charge in [-0.2, -0.15) is 0 Å². The SMILES string of the molecule is CCCCCCC(CCCC)CC(C)(CC(=O)O)C(=O)O. The molecule has 2 unspecified atom stereocenters. The monoisotopic (exact) mass is 300 g/mol. The molecular formula is C17H32O4. The summed E-state index contributed by atoms with van der Waals surface area (Å²) < 4.78 is 0. The van der Waals surface area contributed by atoms with Crippen molar-refractivity contribution in [3.05, 3.63) is 0 Å². The van der Waals surface area contributed by atoms with E-state index in [0.29, 0.717) is 12.3 Å². The van der Waals surface area contributed by atoms with E-state index in [1.165, 1.54) is 19.3 Å². The molecule has 0 heterocycles. The first-order valence-electron chi connectivity index (χ1n) is 8.31. The van der Waals surface area contributed by atoms with Gasteiger partial charge in [0.1, 0.15) is 0 Å². The number of carboxylic acid groups (broad SMARTS) is 2. The summed E-state index contributed by atoms with van der Waals surface area (Å²) in [6.45, 7) is 5.87. The summed E-state index contributed by atoms with van der Waals surface area (Å²) in [4.78, 5) is 22.4. The summed E-state index contributed by atoms with van der Waals surface area (Å²) in [6.07, 6.45) is 9.08. The van der Waals surface area contributed by atoms with Gasteiger partial charge in [-0.15, -0.1) is 0 Å². The van der Waals surface area contributed by atoms with Crippen LogP contribution in [0.1, 0.15) is 85.0 Å². The molecule has 0 rings (SSSR count). The van der Waals surface area contributed by atoms with Gasteiger partial charge in [0.25, 0.3) is 0 Å². The van der Waals surface area contributed by atoms with Crippen molar-refractivity contribution in [1.29, 1.82) is 0 Å². The maximum Gasteiger partial charge on any atom is 0.309 e. The van der Waals surface area contributed by atoms with Crippen LogP contribution in [0.4, 0.5) is 0 Å². The third-order valence-electron chi connectivity index (χ3n) is 4.23. The Kier molecular flexibility index (Phi) is 10.1. The molecule has 4 nitrogen and oxygen atoms in total. The zero-order valence-electron chi connectivity index (χ0n) is 13.9. The zero-order valence-corrected chi connectivity index (χ0v) is 13.9. The lowest BCUT2D eigenvalue weighted by Gasteiger charge is -2.28. The second-order valence-corrected chi connectivity index (χ2v) is 6.50. The van der Waals surface area contributed by atoms with Crippen molar-refractivity contribution in [1.82, 2.24) is 0 Å². The molecule has 0 saturated heterocycles. The number of unbranched alkanes of at least 4 members (excludes halogenated alkanes) is 4. The lowest BCUT2D eigenvalue weighted by Crippen LogP contribution is -2.33. The predicted octanol–water partition coefficient (Wildman–Crippen LogP) is 4.72. The van der Waals surface area contributed by atoms with E-state index in [9.17, 15) is 14.7 Å². The van der Waals surface area contributed by atoms with E-state index in [-0.39, 0.29) is 6.42 Å². The van der Waals surface area contributed by atoms with E-state index >= 15 is 0 Å². The maximum atomic E-state index is 11.5. The van der Waals surface area contributed by atoms with Crippen LogP contribution >= 0.6 is 0 Å². The van der Waals surface area contributed by atoms with Crippen LogP contribution in [0.15, 0.2) is 0 Å². The summed E-state index contributed by atoms with van der Waals surface area (Å²) in [5.74, 6) is -1.69. The van der Waals surface area contributed by atoms with E-state index in [1.807, 2.05) is 0 Å². The Morgan fingerprint density at radius 2 is 1.52 bits per heavy atom. The first-order valence-corrected chi connectivity index (χ1v) is 8.31. The molecule has 2 atom stereocenters. The minimum absolute atomic E-state index is 0.292. The van der Waals surface area contributed by atoms with Crippen LogP contribution in [0.5, 0.6) is 0 Å². The molecule has 0 amide bonds. The van der Waals surface area contributed by atoms with Gasteiger partial charge in [0.15, 0.2) is 0 Å². The highest BCUT2D eigenvalue weighted by Gasteiger charge is 2.37. The minimum atomic E-state index is -1.14. The van der Waals surface area contributed by atoms with Crippen LogP contribution in [-0.4, -0.2) is 22.2 Å². The molecule has 4 heteroatoms. The molecule has 0 aliphatic rings. The number of carbonyl (C=O) groups is 2. The van der Waals surface area contributed by atoms with E-state index in [2.05, 4.69) is 13.8 Å². The summed E-state index contributed by atoms with van der Waals surface area (Å²) in [5, 5.41) is 18.4. The van der Waals surface area contributed by atoms with Crippen LogP contribution in [0.2, 0.25) is 0 Å². The molecule has 0 spiro atoms. The first-order chi connectivity index (χ1) is 9.85. The van der Waals surface area contributed by atoms with Crippen LogP contribution in [0, 0.1) is 11.3 Å². The van der Waals surface area contributed by atoms with Gasteiger partial charge in [-0.25, -0.2) is 0 Å². The van der Waals surface area contributed by atoms with Gasteiger partial charge in [-0.1, -0.05) is 65.2 Å². The van der Waals surface area contributed by atoms with Crippen molar-refractivity contribution in [2.75, 3.05) is 0 Å². The van der Waals surface area contributed by atoms with Crippen LogP contribution in [0.25, 0.3) is 0 Å². The summed E-state index contributed by atoms with van der Waals surface area (Å²) in [6, 6.07) is 0. The number of rotatable bonds is 13. The van der Waals surface area contributed by atoms with Gasteiger partial charge in [-0.05, 0) is 19.3 Å². The van der Waals surface area contributed by atoms with Crippen molar-refractivity contribution in [2.45, 2.75) is 85.0 Å². The molecule has 2 N–H and O–H groups in total. The van der Waals surface area contributed by atoms with Crippen LogP contribution in [-0.2, 0) is 9.59 Å². The molecule has 0 aliphatic carbocycles. The largest absolute Gasteiger partial charge is 0.481 e. The first kappa shape index (κ1) is 19.9. The van der Waals surface area contributed by atoms with E-state index in [4.69, 9.17) is 5.11 Å². The Morgan fingerprint density at radius 3 is 2.00 bits per heavy atom. The molecule has 0 aromatic carbocycles. The summed E-state index contributed by atoms with van der Waals surface area (Å²) in [7, 11) is 0. The average molecular weight is 300 g/mol. The van der Waals surface area contributed by atoms with E-state index in [1.54, 1.807) is 6.92 Å². The van der Waals surface area contributed by atoms with Gasteiger partial charge < -0.3 is 10.2 Å². The molecule has 0 fully saturated rings. The highest BCUT2D eigenvalue weighted by molar-refractivity contribution is 5.81. The maximum absolute atomic E-state index is 11.5. The third kappa shape index (κ3) is 8.74. The van der Waals surface area contributed by atoms with Crippen molar-refractivity contribution in [3.63, 3.8) is 0 Å². The van der Waals surface area contributed by atoms with Gasteiger partial charge in [-0.3, -0.25) is 9.59 Å². The highest BCUT2D eigenvalue weighted by atomic mass is 16.4. The van der Waals surface area contributed by atoms with Gasteiger partial charge in [0, 0.05) is 0 Å². The predicted molar refractivity (Wildman–Crippen MR) is 84.4 cm³/mol. The molecule has 0 aromatic rings. The fourth-order valence-electron chi connectivity index (χ4n) is 2.91. The lowest BCUT2D eigenvalue weighted by molar-refractivity contribution is -0.155. The molecular weight excluding hydrogens is 268 g/mol. The van der Waals surface area contributed by atoms with Crippen molar-refractivity contribution >= 4 is 11.9 Å². The Hall–Kier alpha value is -1.06. The fraction of sp³-hybridized carbons (Fsp3) is 0.882. The molecule has 0 bridgehead atoms. The van der Waals surface area contributed by atoms with Crippen LogP contribution < -0.4 is 0 Å². The summed E-state index contributed by atoms with van der Waals surface area (Å²) >= 11 is 0. The Bertz CT molecular complexity index is 314. The minimum Gasteiger partial charge on any atom is -0.481 e. The number of hydrogen-bond acceptors (Lipinski definition) is 2. The van der Waals surface area contributed by atoms with E-state index in [0.717, 1.165) is 32.1 Å². The molecule has 124 valence electrons. The van der Waals surface area contributed by atoms with Crippen molar-refractivity contribution in [3.8, 4) is 0 Å².